The number of aryl methyl sites for hydroxylation is 1. The van der Waals surface area contributed by atoms with Gasteiger partial charge >= 0.3 is 5.97 Å². The molecule has 1 aliphatic heterocycles. The second kappa shape index (κ2) is 9.78. The third-order valence-electron chi connectivity index (χ3n) is 6.00. The zero-order chi connectivity index (χ0) is 22.4. The number of rotatable bonds is 6. The van der Waals surface area contributed by atoms with Crippen molar-refractivity contribution in [2.45, 2.75) is 70.9 Å². The van der Waals surface area contributed by atoms with Crippen LogP contribution in [0.3, 0.4) is 0 Å². The van der Waals surface area contributed by atoms with Crippen molar-refractivity contribution >= 4 is 22.8 Å². The number of benzene rings is 1. The van der Waals surface area contributed by atoms with Crippen LogP contribution in [0.4, 0.5) is 0 Å². The van der Waals surface area contributed by atoms with Crippen molar-refractivity contribution in [2.75, 3.05) is 6.61 Å². The minimum atomic E-state index is -0.741. The molecular weight excluding hydrogens is 394 g/mol. The second-order valence-electron chi connectivity index (χ2n) is 7.94. The molecule has 1 N–H and O–H groups in total. The third-order valence-corrected chi connectivity index (χ3v) is 6.00. The summed E-state index contributed by atoms with van der Waals surface area (Å²) in [5, 5.41) is 3.24. The Morgan fingerprint density at radius 2 is 1.97 bits per heavy atom. The van der Waals surface area contributed by atoms with Crippen molar-refractivity contribution in [3.8, 4) is 12.3 Å². The highest BCUT2D eigenvalue weighted by Gasteiger charge is 2.26. The zero-order valence-electron chi connectivity index (χ0n) is 18.2. The first-order valence-electron chi connectivity index (χ1n) is 10.9. The van der Waals surface area contributed by atoms with E-state index in [0.29, 0.717) is 30.3 Å². The van der Waals surface area contributed by atoms with Crippen LogP contribution in [-0.4, -0.2) is 33.6 Å². The Morgan fingerprint density at radius 3 is 2.68 bits per heavy atom. The summed E-state index contributed by atoms with van der Waals surface area (Å²) >= 11 is 0. The molecule has 0 aliphatic carbocycles. The van der Waals surface area contributed by atoms with Gasteiger partial charge in [0.05, 0.1) is 16.5 Å². The summed E-state index contributed by atoms with van der Waals surface area (Å²) in [6.07, 6.45) is 11.6. The lowest BCUT2D eigenvalue weighted by Crippen LogP contribution is -2.48. The summed E-state index contributed by atoms with van der Waals surface area (Å²) in [6, 6.07) is 4.69. The van der Waals surface area contributed by atoms with E-state index in [0.717, 1.165) is 37.9 Å². The van der Waals surface area contributed by atoms with Crippen LogP contribution in [0, 0.1) is 12.3 Å². The van der Waals surface area contributed by atoms with E-state index in [1.807, 2.05) is 13.8 Å². The monoisotopic (exact) mass is 423 g/mol. The van der Waals surface area contributed by atoms with Crippen molar-refractivity contribution in [2.24, 2.45) is 0 Å². The van der Waals surface area contributed by atoms with Crippen molar-refractivity contribution in [1.29, 1.82) is 0 Å². The number of hydrogen-bond acceptors (Lipinski definition) is 5. The van der Waals surface area contributed by atoms with Crippen LogP contribution in [0.25, 0.3) is 10.9 Å². The first kappa shape index (κ1) is 22.5. The fourth-order valence-corrected chi connectivity index (χ4v) is 3.91. The molecule has 1 aromatic heterocycles. The highest BCUT2D eigenvalue weighted by Crippen LogP contribution is 2.17. The number of nitrogens with zero attached hydrogens (tertiary/aromatic N) is 2. The zero-order valence-corrected chi connectivity index (χ0v) is 18.2. The molecule has 0 saturated heterocycles. The van der Waals surface area contributed by atoms with Crippen LogP contribution in [0.1, 0.15) is 68.6 Å². The molecule has 0 spiro atoms. The van der Waals surface area contributed by atoms with Crippen LogP contribution in [0.5, 0.6) is 0 Å². The average Bonchev–Trinajstić information content (AvgIpc) is 2.77. The maximum atomic E-state index is 12.9. The van der Waals surface area contributed by atoms with Gasteiger partial charge in [0, 0.05) is 13.0 Å². The number of hydrogen-bond donors (Lipinski definition) is 1. The molecule has 31 heavy (non-hydrogen) atoms. The van der Waals surface area contributed by atoms with Gasteiger partial charge in [-0.05, 0) is 43.9 Å². The van der Waals surface area contributed by atoms with Gasteiger partial charge in [0.2, 0.25) is 0 Å². The summed E-state index contributed by atoms with van der Waals surface area (Å²) in [5.74, 6) is 2.27. The van der Waals surface area contributed by atoms with Crippen molar-refractivity contribution in [3.05, 3.63) is 39.9 Å². The number of carbonyl (C=O) groups excluding carboxylic acids is 2. The molecule has 2 aromatic rings. The smallest absolute Gasteiger partial charge is 0.338 e. The molecule has 0 radical (unpaired) electrons. The number of aromatic nitrogens is 2. The second-order valence-corrected chi connectivity index (χ2v) is 7.94. The lowest BCUT2D eigenvalue weighted by Gasteiger charge is -2.26. The lowest BCUT2D eigenvalue weighted by molar-refractivity contribution is -0.125. The van der Waals surface area contributed by atoms with E-state index < -0.39 is 24.0 Å². The molecule has 7 heteroatoms. The molecule has 1 aliphatic rings. The Balaban J connectivity index is 1.76. The topological polar surface area (TPSA) is 90.3 Å². The molecule has 0 saturated carbocycles. The Labute approximate surface area is 182 Å². The Hall–Kier alpha value is -3.14. The van der Waals surface area contributed by atoms with Gasteiger partial charge in [-0.3, -0.25) is 14.2 Å². The average molecular weight is 424 g/mol. The molecule has 3 rings (SSSR count). The van der Waals surface area contributed by atoms with Crippen molar-refractivity contribution in [3.63, 3.8) is 0 Å². The molecule has 1 amide bonds. The number of terminal acetylenes is 1. The Morgan fingerprint density at radius 1 is 1.23 bits per heavy atom. The van der Waals surface area contributed by atoms with E-state index in [2.05, 4.69) is 16.2 Å². The molecular formula is C24H29N3O4. The molecule has 1 aromatic carbocycles. The van der Waals surface area contributed by atoms with E-state index >= 15 is 0 Å². The van der Waals surface area contributed by atoms with Crippen molar-refractivity contribution < 1.29 is 14.3 Å². The number of fused-ring (bicyclic) bond motifs is 2. The van der Waals surface area contributed by atoms with Gasteiger partial charge in [0.25, 0.3) is 11.5 Å². The number of carbonyl (C=O) groups is 2. The van der Waals surface area contributed by atoms with Gasteiger partial charge in [0.1, 0.15) is 11.4 Å². The van der Waals surface area contributed by atoms with Crippen LogP contribution < -0.4 is 10.9 Å². The normalized spacial score (nSPS) is 14.1. The third kappa shape index (κ3) is 4.96. The Bertz CT molecular complexity index is 1080. The molecule has 0 bridgehead atoms. The van der Waals surface area contributed by atoms with Crippen LogP contribution in [0.2, 0.25) is 0 Å². The van der Waals surface area contributed by atoms with Gasteiger partial charge in [-0.25, -0.2) is 9.78 Å². The quantitative estimate of drug-likeness (QED) is 0.570. The molecule has 7 nitrogen and oxygen atoms in total. The van der Waals surface area contributed by atoms with Crippen molar-refractivity contribution in [1.82, 2.24) is 14.9 Å². The number of esters is 1. The summed E-state index contributed by atoms with van der Waals surface area (Å²) < 4.78 is 6.92. The molecule has 0 atom stereocenters. The first-order chi connectivity index (χ1) is 14.9. The summed E-state index contributed by atoms with van der Waals surface area (Å²) in [4.78, 5) is 42.2. The minimum Gasteiger partial charge on any atom is -0.452 e. The van der Waals surface area contributed by atoms with Gasteiger partial charge in [-0.2, -0.15) is 0 Å². The van der Waals surface area contributed by atoms with E-state index in [1.165, 1.54) is 6.07 Å². The molecule has 0 fully saturated rings. The minimum absolute atomic E-state index is 0.0778. The van der Waals surface area contributed by atoms with E-state index in [1.54, 1.807) is 16.7 Å². The van der Waals surface area contributed by atoms with E-state index in [9.17, 15) is 14.4 Å². The standard InChI is InChI=1S/C24H29N3O4/c1-4-24(5-2,6-3)26-21(28)16-31-23(30)17-12-13-18-19(15-17)25-20-11-9-7-8-10-14-27(20)22(18)29/h1,12-13,15H,5-11,14,16H2,2-3H3,(H,26,28). The van der Waals surface area contributed by atoms with Gasteiger partial charge < -0.3 is 10.1 Å². The highest BCUT2D eigenvalue weighted by molar-refractivity contribution is 5.95. The maximum Gasteiger partial charge on any atom is 0.338 e. The fraction of sp³-hybridized carbons (Fsp3) is 0.500. The number of ether oxygens (including phenoxy) is 1. The SMILES string of the molecule is C#CC(CC)(CC)NC(=O)COC(=O)c1ccc2c(=O)n3c(nc2c1)CCCCCC3. The van der Waals surface area contributed by atoms with E-state index in [4.69, 9.17) is 11.2 Å². The van der Waals surface area contributed by atoms with E-state index in [-0.39, 0.29) is 11.1 Å². The molecule has 2 heterocycles. The fourth-order valence-electron chi connectivity index (χ4n) is 3.91. The maximum absolute atomic E-state index is 12.9. The van der Waals surface area contributed by atoms with Crippen LogP contribution in [0.15, 0.2) is 23.0 Å². The van der Waals surface area contributed by atoms with Crippen LogP contribution in [-0.2, 0) is 22.5 Å². The lowest BCUT2D eigenvalue weighted by atomic mass is 9.94. The predicted molar refractivity (Wildman–Crippen MR) is 119 cm³/mol. The molecule has 0 unspecified atom stereocenters. The van der Waals surface area contributed by atoms with Gasteiger partial charge in [-0.15, -0.1) is 6.42 Å². The van der Waals surface area contributed by atoms with Gasteiger partial charge in [0.15, 0.2) is 6.61 Å². The summed E-state index contributed by atoms with van der Waals surface area (Å²) in [5.41, 5.74) is -0.0999. The first-order valence-corrected chi connectivity index (χ1v) is 10.9. The summed E-state index contributed by atoms with van der Waals surface area (Å²) in [6.45, 7) is 4.02. The predicted octanol–water partition coefficient (Wildman–Crippen LogP) is 2.98. The largest absolute Gasteiger partial charge is 0.452 e. The van der Waals surface area contributed by atoms with Gasteiger partial charge in [-0.1, -0.05) is 32.6 Å². The summed E-state index contributed by atoms with van der Waals surface area (Å²) in [7, 11) is 0. The van der Waals surface area contributed by atoms with Crippen LogP contribution >= 0.6 is 0 Å². The number of nitrogens with one attached hydrogen (secondary N) is 1. The molecule has 164 valence electrons. The number of amides is 1. The highest BCUT2D eigenvalue weighted by atomic mass is 16.5. The Kier molecular flexibility index (Phi) is 7.11.